The van der Waals surface area contributed by atoms with E-state index in [0.29, 0.717) is 30.5 Å². The van der Waals surface area contributed by atoms with Gasteiger partial charge in [-0.1, -0.05) is 62.4 Å². The maximum atomic E-state index is 12.1. The Bertz CT molecular complexity index is 1620. The summed E-state index contributed by atoms with van der Waals surface area (Å²) >= 11 is 0. The van der Waals surface area contributed by atoms with Gasteiger partial charge in [-0.2, -0.15) is 0 Å². The number of benzene rings is 3. The number of halogens is 2. The quantitative estimate of drug-likeness (QED) is 0.204. The fourth-order valence-corrected chi connectivity index (χ4v) is 4.95. The normalized spacial score (nSPS) is 12.5. The zero-order valence-electron chi connectivity index (χ0n) is 25.1. The molecule has 43 heavy (non-hydrogen) atoms. The summed E-state index contributed by atoms with van der Waals surface area (Å²) in [4.78, 5) is 39.0. The zero-order valence-corrected chi connectivity index (χ0v) is 25.1. The van der Waals surface area contributed by atoms with Crippen molar-refractivity contribution in [3.63, 3.8) is 0 Å². The number of hydrogen-bond acceptors (Lipinski definition) is 4. The molecule has 0 radical (unpaired) electrons. The Hall–Kier alpha value is -4.79. The van der Waals surface area contributed by atoms with Gasteiger partial charge in [0.1, 0.15) is 6.29 Å². The summed E-state index contributed by atoms with van der Waals surface area (Å²) in [6, 6.07) is 17.2. The lowest BCUT2D eigenvalue weighted by Crippen LogP contribution is -2.32. The van der Waals surface area contributed by atoms with Crippen LogP contribution in [-0.2, 0) is 4.79 Å². The SMILES string of the molecule is CC.CNc1cccc(-c2ccc(C(N)=O)c3[nH]c(C4=CCN(C(C)=O)CC4)cc23)c1C.O=Cc1ccc(C(F)F)cc1. The molecule has 4 N–H and O–H groups in total. The predicted octanol–water partition coefficient (Wildman–Crippen LogP) is 7.38. The first kappa shape index (κ1) is 32.7. The summed E-state index contributed by atoms with van der Waals surface area (Å²) in [5, 5.41) is 4.20. The van der Waals surface area contributed by atoms with Crippen LogP contribution in [0.15, 0.2) is 66.7 Å². The standard InChI is InChI=1S/C24H26N4O2.C8H6F2O.C2H6/c1-14-17(5-4-6-21(14)26-3)18-7-8-19(24(25)30)23-20(18)13-22(27-23)16-9-11-28(12-10-16)15(2)29;9-8(10)7-3-1-6(5-11)2-4-7;1-2/h4-9,13,26-27H,10-12H2,1-3H3,(H2,25,30);1-5,8H;1-2H3. The van der Waals surface area contributed by atoms with Crippen LogP contribution in [0.2, 0.25) is 0 Å². The molecule has 9 heteroatoms. The van der Waals surface area contributed by atoms with Gasteiger partial charge in [-0.15, -0.1) is 0 Å². The van der Waals surface area contributed by atoms with Gasteiger partial charge in [-0.3, -0.25) is 14.4 Å². The molecule has 2 heterocycles. The van der Waals surface area contributed by atoms with Crippen LogP contribution in [0.4, 0.5) is 14.5 Å². The minimum absolute atomic E-state index is 0.0596. The third-order valence-electron chi connectivity index (χ3n) is 7.28. The number of aromatic nitrogens is 1. The summed E-state index contributed by atoms with van der Waals surface area (Å²) in [6.07, 6.45) is 0.999. The molecule has 0 bridgehead atoms. The smallest absolute Gasteiger partial charge is 0.263 e. The summed E-state index contributed by atoms with van der Waals surface area (Å²) < 4.78 is 23.8. The van der Waals surface area contributed by atoms with Crippen LogP contribution in [0.25, 0.3) is 27.6 Å². The molecule has 0 aliphatic carbocycles. The third-order valence-corrected chi connectivity index (χ3v) is 7.28. The highest BCUT2D eigenvalue weighted by Crippen LogP contribution is 2.37. The van der Waals surface area contributed by atoms with Gasteiger partial charge in [0.15, 0.2) is 0 Å². The lowest BCUT2D eigenvalue weighted by atomic mass is 9.94. The number of carbonyl (C=O) groups is 3. The average Bonchev–Trinajstić information content (AvgIpc) is 3.48. The van der Waals surface area contributed by atoms with E-state index < -0.39 is 12.3 Å². The summed E-state index contributed by atoms with van der Waals surface area (Å²) in [6.45, 7) is 8.96. The molecule has 1 aromatic heterocycles. The van der Waals surface area contributed by atoms with Gasteiger partial charge in [0, 0.05) is 55.0 Å². The molecule has 0 atom stereocenters. The highest BCUT2D eigenvalue weighted by atomic mass is 19.3. The van der Waals surface area contributed by atoms with Gasteiger partial charge < -0.3 is 20.9 Å². The van der Waals surface area contributed by atoms with Crippen molar-refractivity contribution in [3.05, 3.63) is 94.7 Å². The Kier molecular flexibility index (Phi) is 11.3. The van der Waals surface area contributed by atoms with E-state index in [0.717, 1.165) is 51.0 Å². The number of nitrogens with one attached hydrogen (secondary N) is 2. The van der Waals surface area contributed by atoms with E-state index in [2.05, 4.69) is 35.4 Å². The van der Waals surface area contributed by atoms with Gasteiger partial charge in [0.25, 0.3) is 12.3 Å². The van der Waals surface area contributed by atoms with Crippen LogP contribution in [0.5, 0.6) is 0 Å². The number of amides is 2. The Balaban J connectivity index is 0.000000327. The molecule has 226 valence electrons. The van der Waals surface area contributed by atoms with Gasteiger partial charge in [0.05, 0.1) is 11.1 Å². The Labute approximate surface area is 250 Å². The van der Waals surface area contributed by atoms with Crippen molar-refractivity contribution < 1.29 is 23.2 Å². The van der Waals surface area contributed by atoms with Gasteiger partial charge in [-0.25, -0.2) is 8.78 Å². The number of anilines is 1. The number of H-pyrrole nitrogens is 1. The number of carbonyl (C=O) groups excluding carboxylic acids is 3. The predicted molar refractivity (Wildman–Crippen MR) is 170 cm³/mol. The molecule has 5 rings (SSSR count). The number of alkyl halides is 2. The van der Waals surface area contributed by atoms with Crippen LogP contribution in [-0.4, -0.2) is 48.1 Å². The third kappa shape index (κ3) is 7.54. The molecule has 7 nitrogen and oxygen atoms in total. The van der Waals surface area contributed by atoms with Crippen molar-refractivity contribution in [2.75, 3.05) is 25.5 Å². The van der Waals surface area contributed by atoms with Crippen molar-refractivity contribution in [3.8, 4) is 11.1 Å². The van der Waals surface area contributed by atoms with Gasteiger partial charge in [-0.05, 0) is 53.8 Å². The van der Waals surface area contributed by atoms with Crippen LogP contribution in [0.1, 0.15) is 71.2 Å². The number of hydrogen-bond donors (Lipinski definition) is 3. The first-order chi connectivity index (χ1) is 20.6. The topological polar surface area (TPSA) is 108 Å². The second kappa shape index (κ2) is 14.9. The zero-order chi connectivity index (χ0) is 31.7. The van der Waals surface area contributed by atoms with Crippen molar-refractivity contribution >= 4 is 40.3 Å². The highest BCUT2D eigenvalue weighted by Gasteiger charge is 2.20. The summed E-state index contributed by atoms with van der Waals surface area (Å²) in [5.41, 5.74) is 13.7. The van der Waals surface area contributed by atoms with E-state index in [1.807, 2.05) is 44.0 Å². The second-order valence-corrected chi connectivity index (χ2v) is 9.75. The van der Waals surface area contributed by atoms with Crippen molar-refractivity contribution in [1.29, 1.82) is 0 Å². The largest absolute Gasteiger partial charge is 0.388 e. The molecule has 0 spiro atoms. The number of aldehydes is 1. The fourth-order valence-electron chi connectivity index (χ4n) is 4.95. The number of nitrogens with zero attached hydrogens (tertiary/aromatic N) is 1. The number of primary amides is 1. The number of aromatic amines is 1. The van der Waals surface area contributed by atoms with E-state index >= 15 is 0 Å². The van der Waals surface area contributed by atoms with E-state index in [9.17, 15) is 23.2 Å². The van der Waals surface area contributed by atoms with Crippen LogP contribution < -0.4 is 11.1 Å². The molecule has 1 aliphatic rings. The number of fused-ring (bicyclic) bond motifs is 1. The summed E-state index contributed by atoms with van der Waals surface area (Å²) in [5.74, 6) is -0.374. The van der Waals surface area contributed by atoms with E-state index in [1.165, 1.54) is 24.3 Å². The first-order valence-electron chi connectivity index (χ1n) is 14.2. The molecular formula is C34H38F2N4O3. The minimum Gasteiger partial charge on any atom is -0.388 e. The highest BCUT2D eigenvalue weighted by molar-refractivity contribution is 6.10. The molecular weight excluding hydrogens is 550 g/mol. The van der Waals surface area contributed by atoms with Crippen molar-refractivity contribution in [2.45, 2.75) is 40.5 Å². The minimum atomic E-state index is -2.46. The molecule has 0 saturated heterocycles. The van der Waals surface area contributed by atoms with E-state index in [-0.39, 0.29) is 11.5 Å². The Morgan fingerprint density at radius 2 is 1.74 bits per heavy atom. The fraction of sp³-hybridized carbons (Fsp3) is 0.265. The monoisotopic (exact) mass is 588 g/mol. The Morgan fingerprint density at radius 1 is 1.05 bits per heavy atom. The van der Waals surface area contributed by atoms with Crippen LogP contribution in [0.3, 0.4) is 0 Å². The van der Waals surface area contributed by atoms with E-state index in [4.69, 9.17) is 5.73 Å². The molecule has 1 aliphatic heterocycles. The number of rotatable bonds is 6. The van der Waals surface area contributed by atoms with Gasteiger partial charge >= 0.3 is 0 Å². The Morgan fingerprint density at radius 3 is 2.28 bits per heavy atom. The van der Waals surface area contributed by atoms with Crippen molar-refractivity contribution in [1.82, 2.24) is 9.88 Å². The molecule has 4 aromatic rings. The molecule has 0 saturated carbocycles. The van der Waals surface area contributed by atoms with Crippen LogP contribution in [0, 0.1) is 6.92 Å². The van der Waals surface area contributed by atoms with Crippen LogP contribution >= 0.6 is 0 Å². The maximum absolute atomic E-state index is 12.1. The molecule has 0 fully saturated rings. The average molecular weight is 589 g/mol. The van der Waals surface area contributed by atoms with Crippen molar-refractivity contribution in [2.24, 2.45) is 5.73 Å². The van der Waals surface area contributed by atoms with E-state index in [1.54, 1.807) is 13.0 Å². The number of nitrogens with two attached hydrogens (primary N) is 1. The van der Waals surface area contributed by atoms with Gasteiger partial charge in [0.2, 0.25) is 5.91 Å². The lowest BCUT2D eigenvalue weighted by Gasteiger charge is -2.24. The molecule has 2 amide bonds. The maximum Gasteiger partial charge on any atom is 0.263 e. The lowest BCUT2D eigenvalue weighted by molar-refractivity contribution is -0.128. The molecule has 0 unspecified atom stereocenters. The summed E-state index contributed by atoms with van der Waals surface area (Å²) in [7, 11) is 1.91. The first-order valence-corrected chi connectivity index (χ1v) is 14.2. The second-order valence-electron chi connectivity index (χ2n) is 9.75. The molecule has 3 aromatic carbocycles.